The maximum Gasteiger partial charge on any atom is 1.00 e. The molecule has 0 atom stereocenters. The van der Waals surface area contributed by atoms with Gasteiger partial charge < -0.3 is 46.6 Å². The summed E-state index contributed by atoms with van der Waals surface area (Å²) in [7, 11) is 0. The van der Waals surface area contributed by atoms with E-state index in [1.54, 1.807) is 54.6 Å². The van der Waals surface area contributed by atoms with Crippen molar-refractivity contribution in [2.45, 2.75) is 89.3 Å². The zero-order valence-corrected chi connectivity index (χ0v) is 52.1. The number of benzene rings is 6. The molecule has 27 heteroatoms. The maximum atomic E-state index is 14.2. The van der Waals surface area contributed by atoms with Crippen molar-refractivity contribution in [2.24, 2.45) is 5.73 Å². The standard InChI is InChI=1S/C19H16F4N2O.C19H20F4N2O.C12H14F3NO.C7H3F2N.CH2O3.CH4.2K.H/c1-24-15-4-7-18(17(20)12-15)25-10-8-14(9-11-25)13-2-5-16(6-3-13)26-19(21,22)23;20-17-11-13(12-24)1-6-18(17)25-9-7-15(8-10-25)14-2-4-16(5-3-14)26-19(21,22)23;13-12(14,15)17-11-3-1-9(2-4-11)10-5-7-16-8-6-10;1-10-5-2-3-6(8)7(9)4-5;2-1-4-3;;;;/h2-7,12,14H,8-11H2;1-6,11,15H,7-10,12,24H2;1-4,10,16H,5-8H2;2-4H;1,3H;1H4;;;/q;;;;;;2*+1;-1/p-1. The fraction of sp³-hybridized carbons (Fsp3) is 0.339. The Morgan fingerprint density at radius 3 is 1.15 bits per heavy atom. The first-order valence-corrected chi connectivity index (χ1v) is 25.4. The Hall–Kier alpha value is -4.99. The Bertz CT molecular complexity index is 3060. The van der Waals surface area contributed by atoms with Crippen molar-refractivity contribution in [3.8, 4) is 17.2 Å². The number of anilines is 2. The third-order valence-corrected chi connectivity index (χ3v) is 13.1. The second-order valence-electron chi connectivity index (χ2n) is 18.5. The molecule has 0 aromatic heterocycles. The number of carbonyl (C=O) groups is 1. The Kier molecular flexibility index (Phi) is 33.9. The number of hydrogen-bond donors (Lipinski definition) is 2. The van der Waals surface area contributed by atoms with Gasteiger partial charge in [-0.15, -0.1) is 39.5 Å². The molecule has 9 rings (SSSR count). The van der Waals surface area contributed by atoms with Gasteiger partial charge in [0.1, 0.15) is 34.7 Å². The van der Waals surface area contributed by atoms with Crippen LogP contribution in [0.5, 0.6) is 17.2 Å². The molecule has 86 heavy (non-hydrogen) atoms. The van der Waals surface area contributed by atoms with Crippen LogP contribution in [-0.2, 0) is 16.2 Å². The van der Waals surface area contributed by atoms with E-state index in [9.17, 15) is 57.1 Å². The van der Waals surface area contributed by atoms with E-state index in [4.69, 9.17) is 28.9 Å². The van der Waals surface area contributed by atoms with E-state index < -0.39 is 36.5 Å². The fourth-order valence-corrected chi connectivity index (χ4v) is 9.20. The van der Waals surface area contributed by atoms with Crippen LogP contribution in [0.1, 0.15) is 87.4 Å². The van der Waals surface area contributed by atoms with Crippen LogP contribution < -0.4 is 143 Å². The third-order valence-electron chi connectivity index (χ3n) is 13.1. The molecule has 0 amide bonds. The monoisotopic (exact) mass is 1270 g/mol. The Balaban J connectivity index is 0.000000583. The molecule has 3 N–H and O–H groups in total. The number of nitrogens with zero attached hydrogens (tertiary/aromatic N) is 4. The summed E-state index contributed by atoms with van der Waals surface area (Å²) in [6, 6.07) is 30.6. The van der Waals surface area contributed by atoms with Crippen LogP contribution in [0.3, 0.4) is 0 Å². The van der Waals surface area contributed by atoms with Gasteiger partial charge >= 0.3 is 122 Å². The van der Waals surface area contributed by atoms with Crippen molar-refractivity contribution in [2.75, 3.05) is 49.1 Å². The molecule has 454 valence electrons. The van der Waals surface area contributed by atoms with Crippen LogP contribution >= 0.6 is 0 Å². The van der Waals surface area contributed by atoms with E-state index in [-0.39, 0.29) is 164 Å². The van der Waals surface area contributed by atoms with Crippen molar-refractivity contribution < 1.29 is 190 Å². The minimum atomic E-state index is -4.69. The molecule has 0 bridgehead atoms. The summed E-state index contributed by atoms with van der Waals surface area (Å²) in [5, 5.41) is 11.7. The van der Waals surface area contributed by atoms with Gasteiger partial charge in [-0.2, -0.15) is 0 Å². The first-order chi connectivity index (χ1) is 39.4. The van der Waals surface area contributed by atoms with Crippen LogP contribution in [0.25, 0.3) is 9.69 Å². The van der Waals surface area contributed by atoms with Gasteiger partial charge in [0.2, 0.25) is 0 Å². The molecule has 0 unspecified atom stereocenters. The van der Waals surface area contributed by atoms with Crippen LogP contribution in [0.15, 0.2) is 127 Å². The van der Waals surface area contributed by atoms with Crippen LogP contribution in [0.2, 0.25) is 0 Å². The molecular weight excluding hydrogens is 1210 g/mol. The predicted molar refractivity (Wildman–Crippen MR) is 287 cm³/mol. The number of ether oxygens (including phenoxy) is 3. The molecule has 6 aromatic carbocycles. The Morgan fingerprint density at radius 2 is 0.849 bits per heavy atom. The molecule has 0 radical (unpaired) electrons. The zero-order chi connectivity index (χ0) is 60.7. The normalized spacial score (nSPS) is 14.4. The summed E-state index contributed by atoms with van der Waals surface area (Å²) in [6.45, 7) is 18.1. The number of rotatable bonds is 10. The smallest absolute Gasteiger partial charge is 1.00 e. The van der Waals surface area contributed by atoms with Crippen molar-refractivity contribution in [3.05, 3.63) is 196 Å². The second-order valence-corrected chi connectivity index (χ2v) is 18.5. The minimum absolute atomic E-state index is 0. The molecule has 3 heterocycles. The first-order valence-electron chi connectivity index (χ1n) is 25.4. The van der Waals surface area contributed by atoms with E-state index >= 15 is 0 Å². The predicted octanol–water partition coefficient (Wildman–Crippen LogP) is 8.99. The summed E-state index contributed by atoms with van der Waals surface area (Å²) in [5.74, 6) is -2.33. The van der Waals surface area contributed by atoms with E-state index in [2.05, 4.69) is 34.1 Å². The van der Waals surface area contributed by atoms with E-state index in [0.717, 1.165) is 86.0 Å². The van der Waals surface area contributed by atoms with Gasteiger partial charge in [-0.1, -0.05) is 62.0 Å². The van der Waals surface area contributed by atoms with Crippen molar-refractivity contribution in [1.29, 1.82) is 0 Å². The average Bonchev–Trinajstić information content (AvgIpc) is 2.23. The molecule has 0 saturated carbocycles. The SMILES string of the molecule is C.FC(F)(F)Oc1ccc(C2CCNCC2)cc1.NCc1ccc(N2CCC(c3ccc(OC(F)(F)F)cc3)CC2)c(F)c1.O=CO[O-].[C-]#[N+]c1ccc(F)c(F)c1.[C-]#[N+]c1ccc(N2CCC(c3ccc(OC(F)(F)F)cc3)CC2)c(F)c1.[H-].[K+].[K+]. The quantitative estimate of drug-likeness (QED) is 0.0343. The molecule has 6 aromatic rings. The Morgan fingerprint density at radius 1 is 0.523 bits per heavy atom. The van der Waals surface area contributed by atoms with Crippen LogP contribution in [-0.4, -0.2) is 64.8 Å². The summed E-state index contributed by atoms with van der Waals surface area (Å²) >= 11 is 0. The van der Waals surface area contributed by atoms with Crippen molar-refractivity contribution in [1.82, 2.24) is 5.32 Å². The van der Waals surface area contributed by atoms with Crippen molar-refractivity contribution >= 4 is 29.2 Å². The number of halogens is 13. The molecule has 3 saturated heterocycles. The summed E-state index contributed by atoms with van der Waals surface area (Å²) in [4.78, 5) is 21.3. The van der Waals surface area contributed by atoms with Gasteiger partial charge in [0.15, 0.2) is 17.2 Å². The molecule has 12 nitrogen and oxygen atoms in total. The number of carbonyl (C=O) groups excluding carboxylic acids is 1. The van der Waals surface area contributed by atoms with E-state index in [1.807, 2.05) is 15.9 Å². The largest absolute Gasteiger partial charge is 1.00 e. The van der Waals surface area contributed by atoms with E-state index in [0.29, 0.717) is 50.0 Å². The van der Waals surface area contributed by atoms with Crippen LogP contribution in [0, 0.1) is 36.4 Å². The van der Waals surface area contributed by atoms with Gasteiger partial charge in [-0.05, 0) is 164 Å². The Labute approximate surface area is 576 Å². The molecular formula is C59H59F13K2N6O6. The summed E-state index contributed by atoms with van der Waals surface area (Å²) in [6.07, 6.45) is -8.80. The molecule has 3 aliphatic heterocycles. The third kappa shape index (κ3) is 26.8. The number of hydrogen-bond acceptors (Lipinski definition) is 10. The first kappa shape index (κ1) is 77.1. The minimum Gasteiger partial charge on any atom is -1.00 e. The van der Waals surface area contributed by atoms with Crippen molar-refractivity contribution in [3.63, 3.8) is 0 Å². The fourth-order valence-electron chi connectivity index (χ4n) is 9.20. The molecule has 3 aliphatic rings. The zero-order valence-electron chi connectivity index (χ0n) is 46.9. The summed E-state index contributed by atoms with van der Waals surface area (Å²) < 4.78 is 174. The van der Waals surface area contributed by atoms with Crippen LogP contribution in [0.4, 0.5) is 79.8 Å². The summed E-state index contributed by atoms with van der Waals surface area (Å²) in [5.41, 5.74) is 10.7. The van der Waals surface area contributed by atoms with Gasteiger partial charge in [-0.3, -0.25) is 4.79 Å². The molecule has 3 fully saturated rings. The topological polar surface area (TPSA) is 130 Å². The average molecular weight is 1270 g/mol. The molecule has 0 aliphatic carbocycles. The number of piperidine rings is 3. The molecule has 0 spiro atoms. The van der Waals surface area contributed by atoms with Gasteiger partial charge in [0, 0.05) is 32.7 Å². The van der Waals surface area contributed by atoms with Gasteiger partial charge in [0.05, 0.1) is 24.5 Å². The maximum absolute atomic E-state index is 14.2. The number of nitrogens with two attached hydrogens (primary N) is 1. The van der Waals surface area contributed by atoms with Gasteiger partial charge in [-0.25, -0.2) is 27.3 Å². The van der Waals surface area contributed by atoms with E-state index in [1.165, 1.54) is 54.6 Å². The second kappa shape index (κ2) is 37.8. The van der Waals surface area contributed by atoms with Gasteiger partial charge in [0.25, 0.3) is 6.47 Å². The number of alkyl halides is 9. The number of nitrogens with one attached hydrogen (secondary N) is 1.